The van der Waals surface area contributed by atoms with E-state index in [0.717, 1.165) is 38.6 Å². The quantitative estimate of drug-likeness (QED) is 0.285. The van der Waals surface area contributed by atoms with Crippen LogP contribution < -0.4 is 25.8 Å². The molecule has 0 spiro atoms. The lowest BCUT2D eigenvalue weighted by Crippen LogP contribution is -2.07. The number of hydrogen-bond acceptors (Lipinski definition) is 8. The SMILES string of the molecule is COc1cc2ncc3c(N)nc(-c4cncc(Nc5ccccc5NC(C)=O)c4)cc3c2cc1OC. The minimum absolute atomic E-state index is 0.150. The first-order chi connectivity index (χ1) is 17.5. The molecule has 5 aromatic rings. The number of carbonyl (C=O) groups is 1. The molecule has 5 rings (SSSR count). The van der Waals surface area contributed by atoms with Gasteiger partial charge in [-0.05, 0) is 35.7 Å². The van der Waals surface area contributed by atoms with Crippen LogP contribution in [0, 0.1) is 0 Å². The van der Waals surface area contributed by atoms with Gasteiger partial charge in [0.05, 0.1) is 48.7 Å². The van der Waals surface area contributed by atoms with Gasteiger partial charge in [-0.3, -0.25) is 14.8 Å². The summed E-state index contributed by atoms with van der Waals surface area (Å²) in [5.74, 6) is 1.41. The maximum Gasteiger partial charge on any atom is 0.221 e. The van der Waals surface area contributed by atoms with E-state index in [-0.39, 0.29) is 5.91 Å². The number of benzene rings is 2. The third kappa shape index (κ3) is 4.29. The highest BCUT2D eigenvalue weighted by atomic mass is 16.5. The van der Waals surface area contributed by atoms with Gasteiger partial charge in [0.2, 0.25) is 5.91 Å². The van der Waals surface area contributed by atoms with Crippen LogP contribution in [-0.2, 0) is 4.79 Å². The van der Waals surface area contributed by atoms with Crippen molar-refractivity contribution in [1.82, 2.24) is 15.0 Å². The first-order valence-electron chi connectivity index (χ1n) is 11.2. The number of amides is 1. The van der Waals surface area contributed by atoms with Crippen molar-refractivity contribution in [3.63, 3.8) is 0 Å². The lowest BCUT2D eigenvalue weighted by atomic mass is 10.0. The standard InChI is InChI=1S/C27H24N6O3/c1-15(34)31-21-6-4-5-7-22(21)32-17-8-16(12-29-13-17)23-9-18-19-10-25(35-2)26(36-3)11-24(19)30-14-20(18)27(28)33-23/h4-14,32H,1-3H3,(H2,28,33)(H,31,34). The number of fused-ring (bicyclic) bond motifs is 3. The van der Waals surface area contributed by atoms with Gasteiger partial charge in [-0.2, -0.15) is 0 Å². The minimum atomic E-state index is -0.150. The van der Waals surface area contributed by atoms with Crippen LogP contribution in [0.2, 0.25) is 0 Å². The molecule has 0 aliphatic carbocycles. The summed E-state index contributed by atoms with van der Waals surface area (Å²) in [5, 5.41) is 8.64. The van der Waals surface area contributed by atoms with Gasteiger partial charge in [0.25, 0.3) is 0 Å². The zero-order chi connectivity index (χ0) is 25.2. The highest BCUT2D eigenvalue weighted by molar-refractivity contribution is 6.10. The van der Waals surface area contributed by atoms with E-state index in [1.807, 2.05) is 48.5 Å². The number of nitrogens with two attached hydrogens (primary N) is 1. The molecule has 0 bridgehead atoms. The van der Waals surface area contributed by atoms with Crippen molar-refractivity contribution >= 4 is 50.5 Å². The Morgan fingerprint density at radius 1 is 0.889 bits per heavy atom. The summed E-state index contributed by atoms with van der Waals surface area (Å²) in [6.45, 7) is 1.47. The van der Waals surface area contributed by atoms with Gasteiger partial charge in [-0.1, -0.05) is 12.1 Å². The normalized spacial score (nSPS) is 10.9. The molecule has 1 amide bonds. The molecule has 180 valence electrons. The Kier molecular flexibility index (Phi) is 5.95. The van der Waals surface area contributed by atoms with Crippen molar-refractivity contribution in [2.45, 2.75) is 6.92 Å². The molecule has 9 nitrogen and oxygen atoms in total. The highest BCUT2D eigenvalue weighted by Crippen LogP contribution is 2.37. The molecule has 3 aromatic heterocycles. The summed E-state index contributed by atoms with van der Waals surface area (Å²) in [6.07, 6.45) is 5.14. The Balaban J connectivity index is 1.59. The molecule has 3 heterocycles. The van der Waals surface area contributed by atoms with Crippen molar-refractivity contribution in [2.24, 2.45) is 0 Å². The number of para-hydroxylation sites is 2. The molecular formula is C27H24N6O3. The molecule has 9 heteroatoms. The summed E-state index contributed by atoms with van der Waals surface area (Å²) < 4.78 is 10.9. The second-order valence-electron chi connectivity index (χ2n) is 8.15. The van der Waals surface area contributed by atoms with E-state index < -0.39 is 0 Å². The average molecular weight is 481 g/mol. The van der Waals surface area contributed by atoms with Crippen LogP contribution in [-0.4, -0.2) is 35.1 Å². The molecule has 4 N–H and O–H groups in total. The van der Waals surface area contributed by atoms with E-state index in [1.165, 1.54) is 6.92 Å². The summed E-state index contributed by atoms with van der Waals surface area (Å²) in [5.41, 5.74) is 10.7. The largest absolute Gasteiger partial charge is 0.493 e. The smallest absolute Gasteiger partial charge is 0.221 e. The Hall–Kier alpha value is -4.92. The number of nitrogens with one attached hydrogen (secondary N) is 2. The summed E-state index contributed by atoms with van der Waals surface area (Å²) >= 11 is 0. The van der Waals surface area contributed by atoms with Crippen molar-refractivity contribution in [3.05, 3.63) is 67.1 Å². The van der Waals surface area contributed by atoms with Crippen LogP contribution in [0.3, 0.4) is 0 Å². The Morgan fingerprint density at radius 2 is 1.64 bits per heavy atom. The molecule has 0 radical (unpaired) electrons. The third-order valence-corrected chi connectivity index (χ3v) is 5.76. The lowest BCUT2D eigenvalue weighted by molar-refractivity contribution is -0.114. The van der Waals surface area contributed by atoms with Crippen molar-refractivity contribution in [2.75, 3.05) is 30.6 Å². The van der Waals surface area contributed by atoms with Crippen LogP contribution >= 0.6 is 0 Å². The fourth-order valence-corrected chi connectivity index (χ4v) is 4.10. The Morgan fingerprint density at radius 3 is 2.39 bits per heavy atom. The predicted molar refractivity (Wildman–Crippen MR) is 142 cm³/mol. The number of ether oxygens (including phenoxy) is 2. The number of carbonyl (C=O) groups excluding carboxylic acids is 1. The van der Waals surface area contributed by atoms with Gasteiger partial charge in [0.1, 0.15) is 5.82 Å². The van der Waals surface area contributed by atoms with Crippen molar-refractivity contribution in [3.8, 4) is 22.8 Å². The number of nitrogens with zero attached hydrogens (tertiary/aromatic N) is 3. The van der Waals surface area contributed by atoms with Crippen LogP contribution in [0.5, 0.6) is 11.5 Å². The number of hydrogen-bond donors (Lipinski definition) is 3. The number of nitrogen functional groups attached to an aromatic ring is 1. The van der Waals surface area contributed by atoms with Gasteiger partial charge in [0, 0.05) is 41.7 Å². The molecule has 0 saturated carbocycles. The maximum absolute atomic E-state index is 11.6. The number of aromatic nitrogens is 3. The molecule has 0 unspecified atom stereocenters. The second-order valence-corrected chi connectivity index (χ2v) is 8.15. The Labute approximate surface area is 207 Å². The fourth-order valence-electron chi connectivity index (χ4n) is 4.10. The van der Waals surface area contributed by atoms with E-state index in [2.05, 4.69) is 25.6 Å². The number of rotatable bonds is 6. The molecule has 0 saturated heterocycles. The predicted octanol–water partition coefficient (Wildman–Crippen LogP) is 5.15. The molecule has 0 fully saturated rings. The van der Waals surface area contributed by atoms with Gasteiger partial charge < -0.3 is 25.8 Å². The van der Waals surface area contributed by atoms with Gasteiger partial charge in [0.15, 0.2) is 11.5 Å². The van der Waals surface area contributed by atoms with E-state index in [0.29, 0.717) is 28.7 Å². The summed E-state index contributed by atoms with van der Waals surface area (Å²) in [7, 11) is 3.19. The van der Waals surface area contributed by atoms with Gasteiger partial charge >= 0.3 is 0 Å². The van der Waals surface area contributed by atoms with Crippen molar-refractivity contribution < 1.29 is 14.3 Å². The zero-order valence-corrected chi connectivity index (χ0v) is 20.0. The maximum atomic E-state index is 11.6. The van der Waals surface area contributed by atoms with Crippen LogP contribution in [0.1, 0.15) is 6.92 Å². The molecule has 0 aliphatic rings. The lowest BCUT2D eigenvalue weighted by Gasteiger charge is -2.14. The molecule has 0 atom stereocenters. The van der Waals surface area contributed by atoms with E-state index in [4.69, 9.17) is 15.2 Å². The molecular weight excluding hydrogens is 456 g/mol. The number of methoxy groups -OCH3 is 2. The molecule has 0 aliphatic heterocycles. The average Bonchev–Trinajstić information content (AvgIpc) is 2.88. The van der Waals surface area contributed by atoms with Gasteiger partial charge in [-0.25, -0.2) is 4.98 Å². The topological polar surface area (TPSA) is 124 Å². The molecule has 2 aromatic carbocycles. The van der Waals surface area contributed by atoms with Crippen molar-refractivity contribution in [1.29, 1.82) is 0 Å². The highest BCUT2D eigenvalue weighted by Gasteiger charge is 2.14. The monoisotopic (exact) mass is 480 g/mol. The minimum Gasteiger partial charge on any atom is -0.493 e. The first-order valence-corrected chi connectivity index (χ1v) is 11.2. The van der Waals surface area contributed by atoms with E-state index in [9.17, 15) is 4.79 Å². The summed E-state index contributed by atoms with van der Waals surface area (Å²) in [4.78, 5) is 25.1. The first kappa shape index (κ1) is 22.9. The van der Waals surface area contributed by atoms with E-state index in [1.54, 1.807) is 32.8 Å². The third-order valence-electron chi connectivity index (χ3n) is 5.76. The van der Waals surface area contributed by atoms with E-state index >= 15 is 0 Å². The van der Waals surface area contributed by atoms with Crippen LogP contribution in [0.15, 0.2) is 67.1 Å². The molecule has 36 heavy (non-hydrogen) atoms. The van der Waals surface area contributed by atoms with Gasteiger partial charge in [-0.15, -0.1) is 0 Å². The number of pyridine rings is 3. The summed E-state index contributed by atoms with van der Waals surface area (Å²) in [6, 6.07) is 15.1. The van der Waals surface area contributed by atoms with Crippen LogP contribution in [0.4, 0.5) is 22.9 Å². The number of anilines is 4. The fraction of sp³-hybridized carbons (Fsp3) is 0.111. The second kappa shape index (κ2) is 9.38. The zero-order valence-electron chi connectivity index (χ0n) is 20.0. The Bertz CT molecular complexity index is 1620. The van der Waals surface area contributed by atoms with Crippen LogP contribution in [0.25, 0.3) is 32.9 Å².